The number of nitrogens with one attached hydrogen (secondary N) is 1. The number of aromatic nitrogens is 4. The van der Waals surface area contributed by atoms with Crippen molar-refractivity contribution in [3.8, 4) is 17.3 Å². The lowest BCUT2D eigenvalue weighted by Gasteiger charge is -2.26. The molecular weight excluding hydrogens is 413 g/mol. The summed E-state index contributed by atoms with van der Waals surface area (Å²) in [7, 11) is 1.64. The molecular formula is C23H26FN5O3. The lowest BCUT2D eigenvalue weighted by atomic mass is 9.98. The SMILES string of the molecule is COCCC1CCc2cc(F)c(C(=O)Nc3cccc(-c4nncn4C(C)C)n3)cc2O1. The molecule has 1 amide bonds. The van der Waals surface area contributed by atoms with Crippen LogP contribution in [0.5, 0.6) is 5.75 Å². The molecule has 8 nitrogen and oxygen atoms in total. The number of aryl methyl sites for hydroxylation is 1. The van der Waals surface area contributed by atoms with E-state index < -0.39 is 11.7 Å². The molecule has 1 aliphatic heterocycles. The van der Waals surface area contributed by atoms with Gasteiger partial charge in [-0.05, 0) is 56.5 Å². The Morgan fingerprint density at radius 1 is 1.38 bits per heavy atom. The first-order valence-electron chi connectivity index (χ1n) is 10.6. The van der Waals surface area contributed by atoms with Gasteiger partial charge in [0.1, 0.15) is 35.5 Å². The first kappa shape index (κ1) is 21.9. The molecule has 0 fully saturated rings. The number of rotatable bonds is 7. The molecule has 1 aromatic carbocycles. The molecule has 0 saturated carbocycles. The normalized spacial score (nSPS) is 15.3. The monoisotopic (exact) mass is 439 g/mol. The maximum Gasteiger partial charge on any atom is 0.259 e. The first-order valence-corrected chi connectivity index (χ1v) is 10.6. The van der Waals surface area contributed by atoms with Gasteiger partial charge in [-0.2, -0.15) is 0 Å². The van der Waals surface area contributed by atoms with E-state index in [4.69, 9.17) is 9.47 Å². The van der Waals surface area contributed by atoms with Crippen LogP contribution in [-0.4, -0.2) is 45.5 Å². The average molecular weight is 439 g/mol. The Hall–Kier alpha value is -3.33. The highest BCUT2D eigenvalue weighted by Gasteiger charge is 2.24. The molecule has 2 aromatic heterocycles. The molecule has 1 atom stereocenters. The quantitative estimate of drug-likeness (QED) is 0.597. The Kier molecular flexibility index (Phi) is 6.45. The zero-order chi connectivity index (χ0) is 22.7. The van der Waals surface area contributed by atoms with E-state index in [1.807, 2.05) is 18.4 Å². The van der Waals surface area contributed by atoms with Gasteiger partial charge in [0.2, 0.25) is 0 Å². The molecule has 1 aliphatic rings. The van der Waals surface area contributed by atoms with E-state index in [1.54, 1.807) is 31.6 Å². The lowest BCUT2D eigenvalue weighted by Crippen LogP contribution is -2.25. The fourth-order valence-corrected chi connectivity index (χ4v) is 3.70. The van der Waals surface area contributed by atoms with Crippen molar-refractivity contribution in [2.75, 3.05) is 19.0 Å². The van der Waals surface area contributed by atoms with Crippen molar-refractivity contribution in [1.29, 1.82) is 0 Å². The Morgan fingerprint density at radius 2 is 2.22 bits per heavy atom. The molecule has 168 valence electrons. The zero-order valence-corrected chi connectivity index (χ0v) is 18.3. The summed E-state index contributed by atoms with van der Waals surface area (Å²) in [6.07, 6.45) is 3.85. The van der Waals surface area contributed by atoms with Crippen LogP contribution < -0.4 is 10.1 Å². The van der Waals surface area contributed by atoms with Gasteiger partial charge < -0.3 is 19.4 Å². The van der Waals surface area contributed by atoms with Gasteiger partial charge in [0.15, 0.2) is 5.82 Å². The van der Waals surface area contributed by atoms with Crippen LogP contribution in [-0.2, 0) is 11.2 Å². The summed E-state index contributed by atoms with van der Waals surface area (Å²) >= 11 is 0. The molecule has 0 bridgehead atoms. The highest BCUT2D eigenvalue weighted by molar-refractivity contribution is 6.04. The number of halogens is 1. The molecule has 3 heterocycles. The molecule has 32 heavy (non-hydrogen) atoms. The minimum atomic E-state index is -0.595. The van der Waals surface area contributed by atoms with E-state index in [-0.39, 0.29) is 17.7 Å². The van der Waals surface area contributed by atoms with Crippen molar-refractivity contribution in [3.05, 3.63) is 53.6 Å². The number of anilines is 1. The third kappa shape index (κ3) is 4.62. The van der Waals surface area contributed by atoms with Crippen LogP contribution in [0.15, 0.2) is 36.7 Å². The van der Waals surface area contributed by atoms with Crippen LogP contribution in [0.4, 0.5) is 10.2 Å². The number of carbonyl (C=O) groups is 1. The minimum Gasteiger partial charge on any atom is -0.490 e. The van der Waals surface area contributed by atoms with E-state index in [9.17, 15) is 9.18 Å². The number of ether oxygens (including phenoxy) is 2. The predicted molar refractivity (Wildman–Crippen MR) is 117 cm³/mol. The van der Waals surface area contributed by atoms with E-state index >= 15 is 0 Å². The molecule has 3 aromatic rings. The number of pyridine rings is 1. The number of carbonyl (C=O) groups excluding carboxylic acids is 1. The number of benzene rings is 1. The Labute approximate surface area is 185 Å². The van der Waals surface area contributed by atoms with Crippen molar-refractivity contribution in [3.63, 3.8) is 0 Å². The summed E-state index contributed by atoms with van der Waals surface area (Å²) in [6, 6.07) is 8.18. The van der Waals surface area contributed by atoms with Gasteiger partial charge in [0.05, 0.1) is 5.56 Å². The maximum atomic E-state index is 14.7. The van der Waals surface area contributed by atoms with E-state index in [0.717, 1.165) is 18.4 Å². The third-order valence-electron chi connectivity index (χ3n) is 5.42. The summed E-state index contributed by atoms with van der Waals surface area (Å²) in [5.41, 5.74) is 1.23. The number of fused-ring (bicyclic) bond motifs is 1. The second-order valence-corrected chi connectivity index (χ2v) is 8.02. The first-order chi connectivity index (χ1) is 15.5. The minimum absolute atomic E-state index is 0.0134. The van der Waals surface area contributed by atoms with E-state index in [2.05, 4.69) is 20.5 Å². The van der Waals surface area contributed by atoms with Crippen molar-refractivity contribution in [2.24, 2.45) is 0 Å². The van der Waals surface area contributed by atoms with E-state index in [1.165, 1.54) is 12.1 Å². The fraction of sp³-hybridized carbons (Fsp3) is 0.391. The summed E-state index contributed by atoms with van der Waals surface area (Å²) in [4.78, 5) is 17.3. The zero-order valence-electron chi connectivity index (χ0n) is 18.3. The Morgan fingerprint density at radius 3 is 3.00 bits per heavy atom. The molecule has 1 unspecified atom stereocenters. The van der Waals surface area contributed by atoms with Crippen molar-refractivity contribution < 1.29 is 18.7 Å². The highest BCUT2D eigenvalue weighted by atomic mass is 19.1. The van der Waals surface area contributed by atoms with Crippen molar-refractivity contribution in [2.45, 2.75) is 45.3 Å². The summed E-state index contributed by atoms with van der Waals surface area (Å²) in [6.45, 7) is 4.61. The topological polar surface area (TPSA) is 91.2 Å². The number of hydrogen-bond donors (Lipinski definition) is 1. The van der Waals surface area contributed by atoms with Gasteiger partial charge in [0, 0.05) is 26.2 Å². The van der Waals surface area contributed by atoms with Gasteiger partial charge in [-0.25, -0.2) is 9.37 Å². The van der Waals surface area contributed by atoms with Crippen LogP contribution in [0, 0.1) is 5.82 Å². The Bertz CT molecular complexity index is 1110. The predicted octanol–water partition coefficient (Wildman–Crippen LogP) is 4.04. The van der Waals surface area contributed by atoms with Gasteiger partial charge in [-0.1, -0.05) is 6.07 Å². The van der Waals surface area contributed by atoms with Crippen molar-refractivity contribution >= 4 is 11.7 Å². The van der Waals surface area contributed by atoms with Crippen LogP contribution in [0.2, 0.25) is 0 Å². The lowest BCUT2D eigenvalue weighted by molar-refractivity contribution is 0.101. The molecule has 9 heteroatoms. The molecule has 1 N–H and O–H groups in total. The second kappa shape index (κ2) is 9.44. The largest absolute Gasteiger partial charge is 0.490 e. The summed E-state index contributed by atoms with van der Waals surface area (Å²) in [5.74, 6) is 0.239. The van der Waals surface area contributed by atoms with Crippen LogP contribution in [0.25, 0.3) is 11.5 Å². The molecule has 0 spiro atoms. The number of amides is 1. The van der Waals surface area contributed by atoms with Crippen LogP contribution in [0.1, 0.15) is 48.7 Å². The average Bonchev–Trinajstić information content (AvgIpc) is 3.28. The molecule has 4 rings (SSSR count). The maximum absolute atomic E-state index is 14.7. The molecule has 0 aliphatic carbocycles. The third-order valence-corrected chi connectivity index (χ3v) is 5.42. The van der Waals surface area contributed by atoms with Gasteiger partial charge in [0.25, 0.3) is 5.91 Å². The smallest absolute Gasteiger partial charge is 0.259 e. The Balaban J connectivity index is 1.54. The second-order valence-electron chi connectivity index (χ2n) is 8.02. The summed E-state index contributed by atoms with van der Waals surface area (Å²) < 4.78 is 27.7. The molecule has 0 radical (unpaired) electrons. The van der Waals surface area contributed by atoms with Gasteiger partial charge in [-0.3, -0.25) is 4.79 Å². The highest BCUT2D eigenvalue weighted by Crippen LogP contribution is 2.31. The summed E-state index contributed by atoms with van der Waals surface area (Å²) in [5, 5.41) is 10.8. The van der Waals surface area contributed by atoms with Crippen molar-refractivity contribution in [1.82, 2.24) is 19.7 Å². The number of methoxy groups -OCH3 is 1. The van der Waals surface area contributed by atoms with Crippen LogP contribution >= 0.6 is 0 Å². The standard InChI is InChI=1S/C23H26FN5O3/c1-14(2)29-13-25-28-22(29)19-5-4-6-21(26-19)27-23(30)17-12-20-15(11-18(17)24)7-8-16(32-20)9-10-31-3/h4-6,11-14,16H,7-10H2,1-3H3,(H,26,27,30). The van der Waals surface area contributed by atoms with Crippen LogP contribution in [0.3, 0.4) is 0 Å². The molecule has 0 saturated heterocycles. The van der Waals surface area contributed by atoms with Gasteiger partial charge >= 0.3 is 0 Å². The fourth-order valence-electron chi connectivity index (χ4n) is 3.70. The van der Waals surface area contributed by atoms with E-state index in [0.29, 0.717) is 36.1 Å². The number of hydrogen-bond acceptors (Lipinski definition) is 6. The number of nitrogens with zero attached hydrogens (tertiary/aromatic N) is 4. The van der Waals surface area contributed by atoms with Gasteiger partial charge in [-0.15, -0.1) is 10.2 Å².